The molecule has 21 heavy (non-hydrogen) atoms. The molecule has 1 aromatic rings. The van der Waals surface area contributed by atoms with E-state index in [4.69, 9.17) is 15.2 Å². The van der Waals surface area contributed by atoms with E-state index in [9.17, 15) is 4.79 Å². The molecule has 5 heteroatoms. The molecule has 0 spiro atoms. The molecule has 118 valence electrons. The Labute approximate surface area is 126 Å². The van der Waals surface area contributed by atoms with Gasteiger partial charge in [-0.3, -0.25) is 4.79 Å². The molecule has 0 aromatic heterocycles. The van der Waals surface area contributed by atoms with E-state index >= 15 is 0 Å². The van der Waals surface area contributed by atoms with Gasteiger partial charge in [-0.2, -0.15) is 0 Å². The van der Waals surface area contributed by atoms with Crippen LogP contribution in [0.4, 0.5) is 0 Å². The van der Waals surface area contributed by atoms with Gasteiger partial charge >= 0.3 is 0 Å². The summed E-state index contributed by atoms with van der Waals surface area (Å²) < 4.78 is 11.4. The van der Waals surface area contributed by atoms with Crippen molar-refractivity contribution in [1.29, 1.82) is 0 Å². The van der Waals surface area contributed by atoms with Crippen LogP contribution in [-0.2, 0) is 11.3 Å². The molecule has 0 fully saturated rings. The van der Waals surface area contributed by atoms with E-state index < -0.39 is 12.0 Å². The van der Waals surface area contributed by atoms with Gasteiger partial charge in [-0.15, -0.1) is 0 Å². The molecule has 0 aliphatic carbocycles. The molecule has 0 radical (unpaired) electrons. The number of hydrogen-bond donors (Lipinski definition) is 2. The van der Waals surface area contributed by atoms with Gasteiger partial charge in [-0.25, -0.2) is 0 Å². The van der Waals surface area contributed by atoms with Crippen LogP contribution < -0.4 is 20.5 Å². The van der Waals surface area contributed by atoms with Gasteiger partial charge in [0.05, 0.1) is 6.61 Å². The molecule has 1 unspecified atom stereocenters. The van der Waals surface area contributed by atoms with Crippen LogP contribution in [0.25, 0.3) is 0 Å². The van der Waals surface area contributed by atoms with Gasteiger partial charge in [-0.05, 0) is 32.4 Å². The van der Waals surface area contributed by atoms with Crippen LogP contribution in [0.5, 0.6) is 11.5 Å². The molecule has 0 aliphatic heterocycles. The van der Waals surface area contributed by atoms with Crippen molar-refractivity contribution in [3.8, 4) is 11.5 Å². The van der Waals surface area contributed by atoms with Crippen LogP contribution in [0, 0.1) is 0 Å². The number of hydrogen-bond acceptors (Lipinski definition) is 4. The molecule has 1 aromatic carbocycles. The number of nitrogens with two attached hydrogens (primary N) is 1. The number of nitrogens with one attached hydrogen (secondary N) is 1. The predicted molar refractivity (Wildman–Crippen MR) is 83.5 cm³/mol. The summed E-state index contributed by atoms with van der Waals surface area (Å²) >= 11 is 0. The lowest BCUT2D eigenvalue weighted by Crippen LogP contribution is -2.33. The van der Waals surface area contributed by atoms with E-state index in [1.807, 2.05) is 32.0 Å². The molecule has 0 saturated heterocycles. The van der Waals surface area contributed by atoms with E-state index in [0.717, 1.165) is 18.5 Å². The molecule has 1 rings (SSSR count). The number of carbonyl (C=O) groups is 1. The Bertz CT molecular complexity index is 449. The van der Waals surface area contributed by atoms with Crippen molar-refractivity contribution in [2.24, 2.45) is 5.73 Å². The quantitative estimate of drug-likeness (QED) is 0.649. The highest BCUT2D eigenvalue weighted by atomic mass is 16.5. The lowest BCUT2D eigenvalue weighted by molar-refractivity contribution is -0.124. The van der Waals surface area contributed by atoms with Crippen molar-refractivity contribution in [2.45, 2.75) is 46.3 Å². The Hall–Kier alpha value is -1.75. The minimum Gasteiger partial charge on any atom is -0.490 e. The van der Waals surface area contributed by atoms with E-state index in [2.05, 4.69) is 12.2 Å². The first-order valence-electron chi connectivity index (χ1n) is 7.55. The van der Waals surface area contributed by atoms with Crippen LogP contribution in [0.3, 0.4) is 0 Å². The van der Waals surface area contributed by atoms with Crippen LogP contribution >= 0.6 is 0 Å². The Morgan fingerprint density at radius 1 is 1.33 bits per heavy atom. The summed E-state index contributed by atoms with van der Waals surface area (Å²) in [5.41, 5.74) is 6.34. The van der Waals surface area contributed by atoms with Crippen molar-refractivity contribution in [3.05, 3.63) is 23.8 Å². The fraction of sp³-hybridized carbons (Fsp3) is 0.562. The summed E-state index contributed by atoms with van der Waals surface area (Å²) in [6.07, 6.45) is 0.939. The van der Waals surface area contributed by atoms with Crippen LogP contribution in [0.15, 0.2) is 18.2 Å². The van der Waals surface area contributed by atoms with E-state index in [1.165, 1.54) is 0 Å². The fourth-order valence-electron chi connectivity index (χ4n) is 1.99. The van der Waals surface area contributed by atoms with Crippen LogP contribution in [0.2, 0.25) is 0 Å². The summed E-state index contributed by atoms with van der Waals surface area (Å²) in [5, 5.41) is 3.33. The molecule has 0 aliphatic rings. The SMILES string of the molecule is CCCNCc1cccc(OCC)c1OC(CC)C(N)=O. The standard InChI is InChI=1S/C16H26N2O3/c1-4-10-18-11-12-8-7-9-14(20-6-3)15(12)21-13(5-2)16(17)19/h7-9,13,18H,4-6,10-11H2,1-3H3,(H2,17,19). The van der Waals surface area contributed by atoms with Gasteiger partial charge in [0.25, 0.3) is 5.91 Å². The van der Waals surface area contributed by atoms with Gasteiger partial charge in [0, 0.05) is 12.1 Å². The number of primary amides is 1. The second-order valence-corrected chi connectivity index (χ2v) is 4.77. The van der Waals surface area contributed by atoms with Gasteiger partial charge in [0.1, 0.15) is 0 Å². The molecule has 0 saturated carbocycles. The molecule has 0 bridgehead atoms. The number of amides is 1. The third-order valence-corrected chi connectivity index (χ3v) is 3.05. The van der Waals surface area contributed by atoms with Gasteiger partial charge in [0.15, 0.2) is 17.6 Å². The second-order valence-electron chi connectivity index (χ2n) is 4.77. The van der Waals surface area contributed by atoms with E-state index in [-0.39, 0.29) is 0 Å². The summed E-state index contributed by atoms with van der Waals surface area (Å²) in [7, 11) is 0. The highest BCUT2D eigenvalue weighted by molar-refractivity contribution is 5.79. The Kier molecular flexibility index (Phi) is 7.61. The smallest absolute Gasteiger partial charge is 0.258 e. The summed E-state index contributed by atoms with van der Waals surface area (Å²) in [5.74, 6) is 0.790. The minimum atomic E-state index is -0.642. The Balaban J connectivity index is 3.00. The maximum absolute atomic E-state index is 11.4. The highest BCUT2D eigenvalue weighted by Crippen LogP contribution is 2.32. The second kappa shape index (κ2) is 9.23. The number of benzene rings is 1. The molecule has 0 heterocycles. The maximum Gasteiger partial charge on any atom is 0.258 e. The first kappa shape index (κ1) is 17.3. The molecule has 5 nitrogen and oxygen atoms in total. The minimum absolute atomic E-state index is 0.462. The Morgan fingerprint density at radius 3 is 2.67 bits per heavy atom. The zero-order valence-corrected chi connectivity index (χ0v) is 13.1. The molecule has 1 amide bonds. The first-order valence-corrected chi connectivity index (χ1v) is 7.55. The van der Waals surface area contributed by atoms with E-state index in [1.54, 1.807) is 0 Å². The predicted octanol–water partition coefficient (Wildman–Crippen LogP) is 2.23. The first-order chi connectivity index (χ1) is 10.1. The zero-order valence-electron chi connectivity index (χ0n) is 13.1. The van der Waals surface area contributed by atoms with E-state index in [0.29, 0.717) is 31.1 Å². The number of carbonyl (C=O) groups excluding carboxylic acids is 1. The third-order valence-electron chi connectivity index (χ3n) is 3.05. The third kappa shape index (κ3) is 5.27. The maximum atomic E-state index is 11.4. The largest absolute Gasteiger partial charge is 0.490 e. The van der Waals surface area contributed by atoms with Gasteiger partial charge in [-0.1, -0.05) is 26.0 Å². The van der Waals surface area contributed by atoms with Crippen molar-refractivity contribution in [2.75, 3.05) is 13.2 Å². The highest BCUT2D eigenvalue weighted by Gasteiger charge is 2.19. The normalized spacial score (nSPS) is 12.0. The average Bonchev–Trinajstić information content (AvgIpc) is 2.46. The van der Waals surface area contributed by atoms with Crippen molar-refractivity contribution < 1.29 is 14.3 Å². The summed E-state index contributed by atoms with van der Waals surface area (Å²) in [6.45, 7) is 8.02. The topological polar surface area (TPSA) is 73.6 Å². The van der Waals surface area contributed by atoms with Crippen molar-refractivity contribution in [1.82, 2.24) is 5.32 Å². The van der Waals surface area contributed by atoms with Crippen molar-refractivity contribution in [3.63, 3.8) is 0 Å². The lowest BCUT2D eigenvalue weighted by Gasteiger charge is -2.20. The van der Waals surface area contributed by atoms with Gasteiger partial charge < -0.3 is 20.5 Å². The summed E-state index contributed by atoms with van der Waals surface area (Å²) in [4.78, 5) is 11.4. The van der Waals surface area contributed by atoms with Crippen LogP contribution in [0.1, 0.15) is 39.2 Å². The average molecular weight is 294 g/mol. The zero-order chi connectivity index (χ0) is 15.7. The number of rotatable bonds is 10. The fourth-order valence-corrected chi connectivity index (χ4v) is 1.99. The van der Waals surface area contributed by atoms with Crippen LogP contribution in [-0.4, -0.2) is 25.2 Å². The van der Waals surface area contributed by atoms with Gasteiger partial charge in [0.2, 0.25) is 0 Å². The number of ether oxygens (including phenoxy) is 2. The molecule has 1 atom stereocenters. The Morgan fingerprint density at radius 2 is 2.10 bits per heavy atom. The molecular formula is C16H26N2O3. The number of para-hydroxylation sites is 1. The molecular weight excluding hydrogens is 268 g/mol. The lowest BCUT2D eigenvalue weighted by atomic mass is 10.1. The van der Waals surface area contributed by atoms with Crippen molar-refractivity contribution >= 4 is 5.91 Å². The summed E-state index contributed by atoms with van der Waals surface area (Å²) in [6, 6.07) is 5.73. The molecule has 3 N–H and O–H groups in total. The monoisotopic (exact) mass is 294 g/mol.